The van der Waals surface area contributed by atoms with Gasteiger partial charge in [-0.15, -0.1) is 0 Å². The van der Waals surface area contributed by atoms with Crippen molar-refractivity contribution in [1.29, 1.82) is 0 Å². The fourth-order valence-electron chi connectivity index (χ4n) is 2.45. The van der Waals surface area contributed by atoms with Gasteiger partial charge in [0.1, 0.15) is 5.56 Å². The number of carbonyl (C=O) groups is 1. The number of nitrogens with zero attached hydrogens (tertiary/aromatic N) is 2. The van der Waals surface area contributed by atoms with Crippen LogP contribution >= 0.6 is 11.6 Å². The fourth-order valence-corrected chi connectivity index (χ4v) is 2.61. The third-order valence-corrected chi connectivity index (χ3v) is 3.85. The first-order chi connectivity index (χ1) is 11.1. The first kappa shape index (κ1) is 15.8. The average Bonchev–Trinajstić information content (AvgIpc) is 2.95. The molecule has 1 saturated heterocycles. The average molecular weight is 341 g/mol. The number of carboxylic acid groups (broad SMARTS) is 1. The summed E-state index contributed by atoms with van der Waals surface area (Å²) in [6.45, 7) is 1.11. The van der Waals surface area contributed by atoms with Crippen LogP contribution in [0.3, 0.4) is 0 Å². The molecular weight excluding hydrogens is 327 g/mol. The summed E-state index contributed by atoms with van der Waals surface area (Å²) >= 11 is 5.71. The van der Waals surface area contributed by atoms with Gasteiger partial charge < -0.3 is 14.6 Å². The van der Waals surface area contributed by atoms with E-state index in [1.165, 1.54) is 23.0 Å². The molecule has 0 radical (unpaired) electrons. The van der Waals surface area contributed by atoms with Crippen LogP contribution in [0, 0.1) is 5.82 Å². The van der Waals surface area contributed by atoms with E-state index in [1.54, 1.807) is 0 Å². The molecule has 2 heterocycles. The van der Waals surface area contributed by atoms with E-state index in [1.807, 2.05) is 0 Å². The SMILES string of the molecule is O=C(O)c1cnn(C2CCOCC2)c1Oc1ccc(Cl)cc1F. The highest BCUT2D eigenvalue weighted by Crippen LogP contribution is 2.33. The predicted molar refractivity (Wildman–Crippen MR) is 79.8 cm³/mol. The second-order valence-corrected chi connectivity index (χ2v) is 5.57. The number of rotatable bonds is 4. The Hall–Kier alpha value is -2.12. The number of hydrogen-bond acceptors (Lipinski definition) is 4. The van der Waals surface area contributed by atoms with E-state index in [0.29, 0.717) is 26.1 Å². The zero-order valence-electron chi connectivity index (χ0n) is 12.0. The lowest BCUT2D eigenvalue weighted by atomic mass is 10.1. The lowest BCUT2D eigenvalue weighted by Crippen LogP contribution is -2.21. The highest BCUT2D eigenvalue weighted by atomic mass is 35.5. The maximum Gasteiger partial charge on any atom is 0.342 e. The van der Waals surface area contributed by atoms with Crippen LogP contribution in [0.15, 0.2) is 24.4 Å². The van der Waals surface area contributed by atoms with Crippen LogP contribution in [0.2, 0.25) is 5.02 Å². The van der Waals surface area contributed by atoms with E-state index >= 15 is 0 Å². The molecular formula is C15H14ClFN2O4. The molecule has 1 fully saturated rings. The number of benzene rings is 1. The molecule has 0 saturated carbocycles. The first-order valence-corrected chi connectivity index (χ1v) is 7.45. The Balaban J connectivity index is 1.98. The van der Waals surface area contributed by atoms with Crippen LogP contribution in [0.1, 0.15) is 29.2 Å². The van der Waals surface area contributed by atoms with Crippen molar-refractivity contribution >= 4 is 17.6 Å². The summed E-state index contributed by atoms with van der Waals surface area (Å²) in [5.41, 5.74) is -0.120. The second-order valence-electron chi connectivity index (χ2n) is 5.13. The second kappa shape index (κ2) is 6.55. The summed E-state index contributed by atoms with van der Waals surface area (Å²) in [7, 11) is 0. The number of aromatic nitrogens is 2. The molecule has 3 rings (SSSR count). The van der Waals surface area contributed by atoms with Crippen molar-refractivity contribution in [2.75, 3.05) is 13.2 Å². The summed E-state index contributed by atoms with van der Waals surface area (Å²) in [5, 5.41) is 13.6. The summed E-state index contributed by atoms with van der Waals surface area (Å²) < 4.78 is 26.2. The molecule has 6 nitrogen and oxygen atoms in total. The van der Waals surface area contributed by atoms with Crippen molar-refractivity contribution in [3.05, 3.63) is 40.8 Å². The van der Waals surface area contributed by atoms with Crippen molar-refractivity contribution in [3.8, 4) is 11.6 Å². The van der Waals surface area contributed by atoms with Gasteiger partial charge in [-0.1, -0.05) is 11.6 Å². The minimum absolute atomic E-state index is 0.00521. The molecule has 0 atom stereocenters. The van der Waals surface area contributed by atoms with Gasteiger partial charge in [0.25, 0.3) is 0 Å². The summed E-state index contributed by atoms with van der Waals surface area (Å²) in [6.07, 6.45) is 2.57. The van der Waals surface area contributed by atoms with Crippen LogP contribution in [-0.4, -0.2) is 34.1 Å². The van der Waals surface area contributed by atoms with E-state index < -0.39 is 11.8 Å². The van der Waals surface area contributed by atoms with Crippen LogP contribution in [0.25, 0.3) is 0 Å². The molecule has 0 spiro atoms. The molecule has 1 aliphatic rings. The molecule has 23 heavy (non-hydrogen) atoms. The minimum atomic E-state index is -1.19. The molecule has 8 heteroatoms. The van der Waals surface area contributed by atoms with Gasteiger partial charge in [-0.25, -0.2) is 13.9 Å². The fraction of sp³-hybridized carbons (Fsp3) is 0.333. The van der Waals surface area contributed by atoms with Crippen molar-refractivity contribution in [2.45, 2.75) is 18.9 Å². The first-order valence-electron chi connectivity index (χ1n) is 7.07. The molecule has 1 aromatic heterocycles. The summed E-state index contributed by atoms with van der Waals surface area (Å²) in [6, 6.07) is 3.87. The smallest absolute Gasteiger partial charge is 0.342 e. The van der Waals surface area contributed by atoms with Gasteiger partial charge in [-0.3, -0.25) is 0 Å². The van der Waals surface area contributed by atoms with Crippen LogP contribution < -0.4 is 4.74 Å². The van der Waals surface area contributed by atoms with E-state index in [9.17, 15) is 14.3 Å². The maximum absolute atomic E-state index is 13.9. The lowest BCUT2D eigenvalue weighted by molar-refractivity contribution is 0.0636. The number of aromatic carboxylic acids is 1. The van der Waals surface area contributed by atoms with E-state index in [2.05, 4.69) is 5.10 Å². The monoisotopic (exact) mass is 340 g/mol. The standard InChI is InChI=1S/C15H14ClFN2O4/c16-9-1-2-13(12(17)7-9)23-14-11(15(20)21)8-18-19(14)10-3-5-22-6-4-10/h1-2,7-8,10H,3-6H2,(H,20,21). The van der Waals surface area contributed by atoms with Crippen molar-refractivity contribution < 1.29 is 23.8 Å². The van der Waals surface area contributed by atoms with Crippen molar-refractivity contribution in [1.82, 2.24) is 9.78 Å². The molecule has 1 N–H and O–H groups in total. The Labute approximate surface area is 136 Å². The van der Waals surface area contributed by atoms with Crippen LogP contribution in [0.4, 0.5) is 4.39 Å². The molecule has 122 valence electrons. The van der Waals surface area contributed by atoms with Gasteiger partial charge in [0.2, 0.25) is 5.88 Å². The molecule has 2 aromatic rings. The number of carboxylic acids is 1. The Morgan fingerprint density at radius 2 is 2.17 bits per heavy atom. The third kappa shape index (κ3) is 3.30. The van der Waals surface area contributed by atoms with Crippen LogP contribution in [-0.2, 0) is 4.74 Å². The van der Waals surface area contributed by atoms with Gasteiger partial charge in [-0.2, -0.15) is 5.10 Å². The topological polar surface area (TPSA) is 73.6 Å². The molecule has 0 unspecified atom stereocenters. The largest absolute Gasteiger partial charge is 0.477 e. The quantitative estimate of drug-likeness (QED) is 0.921. The zero-order chi connectivity index (χ0) is 16.4. The Kier molecular flexibility index (Phi) is 4.49. The maximum atomic E-state index is 13.9. The van der Waals surface area contributed by atoms with Crippen molar-refractivity contribution in [3.63, 3.8) is 0 Å². The minimum Gasteiger partial charge on any atom is -0.477 e. The Morgan fingerprint density at radius 3 is 2.83 bits per heavy atom. The van der Waals surface area contributed by atoms with E-state index in [-0.39, 0.29) is 28.3 Å². The van der Waals surface area contributed by atoms with Gasteiger partial charge in [-0.05, 0) is 31.0 Å². The van der Waals surface area contributed by atoms with Gasteiger partial charge >= 0.3 is 5.97 Å². The summed E-state index contributed by atoms with van der Waals surface area (Å²) in [5.74, 6) is -1.96. The number of halogens is 2. The van der Waals surface area contributed by atoms with Crippen LogP contribution in [0.5, 0.6) is 11.6 Å². The molecule has 1 aromatic carbocycles. The highest BCUT2D eigenvalue weighted by molar-refractivity contribution is 6.30. The van der Waals surface area contributed by atoms with Gasteiger partial charge in [0.15, 0.2) is 11.6 Å². The molecule has 1 aliphatic heterocycles. The van der Waals surface area contributed by atoms with E-state index in [4.69, 9.17) is 21.1 Å². The zero-order valence-corrected chi connectivity index (χ0v) is 12.8. The number of ether oxygens (including phenoxy) is 2. The third-order valence-electron chi connectivity index (χ3n) is 3.62. The van der Waals surface area contributed by atoms with E-state index in [0.717, 1.165) is 6.07 Å². The normalized spacial score (nSPS) is 15.6. The molecule has 0 amide bonds. The lowest BCUT2D eigenvalue weighted by Gasteiger charge is -2.24. The Morgan fingerprint density at radius 1 is 1.43 bits per heavy atom. The predicted octanol–water partition coefficient (Wildman–Crippen LogP) is 3.52. The summed E-state index contributed by atoms with van der Waals surface area (Å²) in [4.78, 5) is 11.4. The van der Waals surface area contributed by atoms with Gasteiger partial charge in [0, 0.05) is 18.2 Å². The Bertz CT molecular complexity index is 728. The number of hydrogen-bond donors (Lipinski definition) is 1. The van der Waals surface area contributed by atoms with Gasteiger partial charge in [0.05, 0.1) is 12.2 Å². The molecule has 0 bridgehead atoms. The molecule has 0 aliphatic carbocycles. The van der Waals surface area contributed by atoms with Crippen molar-refractivity contribution in [2.24, 2.45) is 0 Å². The highest BCUT2D eigenvalue weighted by Gasteiger charge is 2.26.